The van der Waals surface area contributed by atoms with Crippen molar-refractivity contribution in [2.45, 2.75) is 32.6 Å². The summed E-state index contributed by atoms with van der Waals surface area (Å²) >= 11 is 0. The van der Waals surface area contributed by atoms with Crippen molar-refractivity contribution in [3.05, 3.63) is 42.5 Å². The number of esters is 1. The van der Waals surface area contributed by atoms with Gasteiger partial charge < -0.3 is 9.47 Å². The van der Waals surface area contributed by atoms with Crippen LogP contribution >= 0.6 is 0 Å². The van der Waals surface area contributed by atoms with Gasteiger partial charge in [-0.1, -0.05) is 6.08 Å². The summed E-state index contributed by atoms with van der Waals surface area (Å²) in [6, 6.07) is 7.06. The van der Waals surface area contributed by atoms with Crippen molar-refractivity contribution in [1.29, 1.82) is 0 Å². The molecule has 3 nitrogen and oxygen atoms in total. The molecule has 0 aromatic heterocycles. The smallest absolute Gasteiger partial charge is 0.338 e. The third-order valence-electron chi connectivity index (χ3n) is 2.69. The van der Waals surface area contributed by atoms with Gasteiger partial charge >= 0.3 is 5.97 Å². The predicted octanol–water partition coefficient (Wildman–Crippen LogP) is 3.99. The maximum absolute atomic E-state index is 11.4. The highest BCUT2D eigenvalue weighted by atomic mass is 16.5. The van der Waals surface area contributed by atoms with Crippen molar-refractivity contribution in [3.8, 4) is 5.75 Å². The van der Waals surface area contributed by atoms with E-state index in [0.29, 0.717) is 18.8 Å². The van der Waals surface area contributed by atoms with Crippen LogP contribution in [0.1, 0.15) is 43.0 Å². The van der Waals surface area contributed by atoms with E-state index >= 15 is 0 Å². The number of carbonyl (C=O) groups is 1. The molecule has 0 bridgehead atoms. The lowest BCUT2D eigenvalue weighted by Crippen LogP contribution is -2.04. The minimum absolute atomic E-state index is 0.293. The molecule has 0 spiro atoms. The Morgan fingerprint density at radius 1 is 1.21 bits per heavy atom. The molecule has 1 aromatic rings. The Hall–Kier alpha value is -1.77. The van der Waals surface area contributed by atoms with E-state index in [0.717, 1.165) is 31.4 Å². The molecule has 0 aliphatic carbocycles. The zero-order valence-electron chi connectivity index (χ0n) is 11.6. The number of allylic oxidation sites excluding steroid dienone is 1. The van der Waals surface area contributed by atoms with E-state index in [4.69, 9.17) is 9.47 Å². The van der Waals surface area contributed by atoms with E-state index in [1.807, 2.05) is 6.08 Å². The lowest BCUT2D eigenvalue weighted by molar-refractivity contribution is 0.0526. The zero-order chi connectivity index (χ0) is 13.9. The van der Waals surface area contributed by atoms with E-state index < -0.39 is 0 Å². The molecule has 0 N–H and O–H groups in total. The second-order valence-electron chi connectivity index (χ2n) is 4.23. The molecule has 0 fully saturated rings. The number of rotatable bonds is 9. The van der Waals surface area contributed by atoms with Crippen LogP contribution in [0.15, 0.2) is 36.9 Å². The molecule has 0 atom stereocenters. The Morgan fingerprint density at radius 2 is 1.95 bits per heavy atom. The third kappa shape index (κ3) is 6.09. The first-order valence-corrected chi connectivity index (χ1v) is 6.78. The van der Waals surface area contributed by atoms with Gasteiger partial charge in [0.2, 0.25) is 0 Å². The first-order valence-electron chi connectivity index (χ1n) is 6.78. The number of ether oxygens (including phenoxy) is 2. The average molecular weight is 262 g/mol. The average Bonchev–Trinajstić information content (AvgIpc) is 2.43. The summed E-state index contributed by atoms with van der Waals surface area (Å²) in [6.07, 6.45) is 6.35. The van der Waals surface area contributed by atoms with Crippen LogP contribution in [0.2, 0.25) is 0 Å². The second kappa shape index (κ2) is 9.20. The molecule has 0 aliphatic heterocycles. The predicted molar refractivity (Wildman–Crippen MR) is 76.6 cm³/mol. The molecule has 19 heavy (non-hydrogen) atoms. The lowest BCUT2D eigenvalue weighted by atomic mass is 10.2. The number of unbranched alkanes of at least 4 members (excludes halogenated alkanes) is 3. The van der Waals surface area contributed by atoms with E-state index in [2.05, 4.69) is 6.58 Å². The zero-order valence-corrected chi connectivity index (χ0v) is 11.6. The minimum atomic E-state index is -0.293. The molecular weight excluding hydrogens is 240 g/mol. The van der Waals surface area contributed by atoms with Crippen molar-refractivity contribution < 1.29 is 14.3 Å². The Kier molecular flexibility index (Phi) is 7.40. The Morgan fingerprint density at radius 3 is 2.58 bits per heavy atom. The molecular formula is C16H22O3. The molecule has 1 rings (SSSR count). The van der Waals surface area contributed by atoms with Crippen molar-refractivity contribution in [2.24, 2.45) is 0 Å². The lowest BCUT2D eigenvalue weighted by Gasteiger charge is -2.07. The number of hydrogen-bond acceptors (Lipinski definition) is 3. The monoisotopic (exact) mass is 262 g/mol. The van der Waals surface area contributed by atoms with Crippen LogP contribution in [-0.4, -0.2) is 19.2 Å². The van der Waals surface area contributed by atoms with Crippen LogP contribution in [-0.2, 0) is 4.74 Å². The Balaban J connectivity index is 2.28. The summed E-state index contributed by atoms with van der Waals surface area (Å²) in [7, 11) is 0. The molecule has 0 saturated carbocycles. The van der Waals surface area contributed by atoms with Crippen LogP contribution in [0.5, 0.6) is 5.75 Å². The molecule has 0 unspecified atom stereocenters. The topological polar surface area (TPSA) is 35.5 Å². The normalized spacial score (nSPS) is 9.95. The van der Waals surface area contributed by atoms with Gasteiger partial charge in [0.15, 0.2) is 0 Å². The van der Waals surface area contributed by atoms with Crippen molar-refractivity contribution in [3.63, 3.8) is 0 Å². The Labute approximate surface area is 115 Å². The van der Waals surface area contributed by atoms with Gasteiger partial charge in [0.1, 0.15) is 5.75 Å². The fraction of sp³-hybridized carbons (Fsp3) is 0.438. The molecule has 1 aromatic carbocycles. The van der Waals surface area contributed by atoms with E-state index in [1.54, 1.807) is 31.2 Å². The number of benzene rings is 1. The third-order valence-corrected chi connectivity index (χ3v) is 2.69. The van der Waals surface area contributed by atoms with Gasteiger partial charge in [-0.05, 0) is 56.9 Å². The minimum Gasteiger partial charge on any atom is -0.494 e. The van der Waals surface area contributed by atoms with Crippen LogP contribution in [0.4, 0.5) is 0 Å². The summed E-state index contributed by atoms with van der Waals surface area (Å²) in [6.45, 7) is 6.58. The van der Waals surface area contributed by atoms with Gasteiger partial charge in [-0.3, -0.25) is 0 Å². The second-order valence-corrected chi connectivity index (χ2v) is 4.23. The van der Waals surface area contributed by atoms with Gasteiger partial charge in [-0.25, -0.2) is 4.79 Å². The highest BCUT2D eigenvalue weighted by Crippen LogP contribution is 2.13. The Bertz CT molecular complexity index is 381. The summed E-state index contributed by atoms with van der Waals surface area (Å²) in [5.74, 6) is 0.496. The fourth-order valence-electron chi connectivity index (χ4n) is 1.66. The highest BCUT2D eigenvalue weighted by molar-refractivity contribution is 5.89. The molecule has 3 heteroatoms. The van der Waals surface area contributed by atoms with Gasteiger partial charge in [-0.2, -0.15) is 0 Å². The van der Waals surface area contributed by atoms with Gasteiger partial charge in [0, 0.05) is 0 Å². The SMILES string of the molecule is C=CCCCCCOc1ccc(C(=O)OCC)cc1. The van der Waals surface area contributed by atoms with Crippen molar-refractivity contribution >= 4 is 5.97 Å². The molecule has 104 valence electrons. The first kappa shape index (κ1) is 15.3. The summed E-state index contributed by atoms with van der Waals surface area (Å²) < 4.78 is 10.5. The highest BCUT2D eigenvalue weighted by Gasteiger charge is 2.05. The summed E-state index contributed by atoms with van der Waals surface area (Å²) in [5, 5.41) is 0. The van der Waals surface area contributed by atoms with Crippen LogP contribution < -0.4 is 4.74 Å². The van der Waals surface area contributed by atoms with Crippen LogP contribution in [0.3, 0.4) is 0 Å². The number of carbonyl (C=O) groups excluding carboxylic acids is 1. The van der Waals surface area contributed by atoms with Crippen molar-refractivity contribution in [1.82, 2.24) is 0 Å². The van der Waals surface area contributed by atoms with E-state index in [1.165, 1.54) is 0 Å². The molecule has 0 heterocycles. The number of hydrogen-bond donors (Lipinski definition) is 0. The summed E-state index contributed by atoms with van der Waals surface area (Å²) in [5.41, 5.74) is 0.556. The maximum Gasteiger partial charge on any atom is 0.338 e. The molecule has 0 amide bonds. The molecule has 0 radical (unpaired) electrons. The first-order chi connectivity index (χ1) is 9.27. The summed E-state index contributed by atoms with van der Waals surface area (Å²) in [4.78, 5) is 11.4. The standard InChI is InChI=1S/C16H22O3/c1-3-5-6-7-8-13-19-15-11-9-14(10-12-15)16(17)18-4-2/h3,9-12H,1,4-8,13H2,2H3. The molecule has 0 saturated heterocycles. The molecule has 0 aliphatic rings. The van der Waals surface area contributed by atoms with E-state index in [-0.39, 0.29) is 5.97 Å². The maximum atomic E-state index is 11.4. The van der Waals surface area contributed by atoms with Gasteiger partial charge in [-0.15, -0.1) is 6.58 Å². The van der Waals surface area contributed by atoms with Crippen LogP contribution in [0.25, 0.3) is 0 Å². The largest absolute Gasteiger partial charge is 0.494 e. The quantitative estimate of drug-likeness (QED) is 0.383. The van der Waals surface area contributed by atoms with Crippen LogP contribution in [0, 0.1) is 0 Å². The van der Waals surface area contributed by atoms with Crippen molar-refractivity contribution in [2.75, 3.05) is 13.2 Å². The van der Waals surface area contributed by atoms with E-state index in [9.17, 15) is 4.79 Å². The van der Waals surface area contributed by atoms with Gasteiger partial charge in [0.05, 0.1) is 18.8 Å². The van der Waals surface area contributed by atoms with Gasteiger partial charge in [0.25, 0.3) is 0 Å². The fourth-order valence-corrected chi connectivity index (χ4v) is 1.66.